The van der Waals surface area contributed by atoms with E-state index in [1.54, 1.807) is 11.3 Å². The van der Waals surface area contributed by atoms with E-state index >= 15 is 0 Å². The van der Waals surface area contributed by atoms with E-state index in [4.69, 9.17) is 0 Å². The first-order chi connectivity index (χ1) is 15.4. The van der Waals surface area contributed by atoms with E-state index in [1.165, 1.54) is 18.5 Å². The van der Waals surface area contributed by atoms with Gasteiger partial charge < -0.3 is 15.3 Å². The predicted octanol–water partition coefficient (Wildman–Crippen LogP) is 4.44. The summed E-state index contributed by atoms with van der Waals surface area (Å²) in [5, 5.41) is 24.2. The minimum atomic E-state index is -0.589. The summed E-state index contributed by atoms with van der Waals surface area (Å²) in [7, 11) is 1.83. The molecular weight excluding hydrogens is 430 g/mol. The number of carbonyl (C=O) groups excluding carboxylic acids is 1. The number of non-ortho nitro benzene ring substituents is 1. The third-order valence-electron chi connectivity index (χ3n) is 4.87. The van der Waals surface area contributed by atoms with Gasteiger partial charge in [0.25, 0.3) is 5.69 Å². The number of nitrogens with one attached hydrogen (secondary N) is 1. The zero-order chi connectivity index (χ0) is 22.7. The van der Waals surface area contributed by atoms with Gasteiger partial charge in [-0.3, -0.25) is 14.9 Å². The molecule has 0 aliphatic heterocycles. The van der Waals surface area contributed by atoms with Gasteiger partial charge in [-0.15, -0.1) is 11.3 Å². The standard InChI is InChI=1S/C22H19N5O4S/c1-26(10-9-20(29)25-17-11-15(27(30)31)7-8-18(17)28)21-16-12-19(14-5-3-2-4-6-14)32-22(16)24-13-23-21/h2-8,11-13,28H,9-10H2,1H3,(H,25,29). The number of nitrogens with zero attached hydrogens (tertiary/aromatic N) is 4. The molecule has 10 heteroatoms. The molecule has 4 aromatic rings. The minimum Gasteiger partial charge on any atom is -0.506 e. The van der Waals surface area contributed by atoms with Gasteiger partial charge in [0, 0.05) is 37.0 Å². The van der Waals surface area contributed by atoms with E-state index in [2.05, 4.69) is 15.3 Å². The summed E-state index contributed by atoms with van der Waals surface area (Å²) < 4.78 is 0. The number of carbonyl (C=O) groups is 1. The van der Waals surface area contributed by atoms with Crippen LogP contribution in [0, 0.1) is 10.1 Å². The number of thiophene rings is 1. The van der Waals surface area contributed by atoms with Crippen LogP contribution in [0.2, 0.25) is 0 Å². The Bertz CT molecular complexity index is 1290. The van der Waals surface area contributed by atoms with Crippen LogP contribution in [-0.2, 0) is 4.79 Å². The Kier molecular flexibility index (Phi) is 5.95. The summed E-state index contributed by atoms with van der Waals surface area (Å²) in [6.07, 6.45) is 1.60. The fourth-order valence-corrected chi connectivity index (χ4v) is 4.22. The first-order valence-corrected chi connectivity index (χ1v) is 10.5. The highest BCUT2D eigenvalue weighted by Gasteiger charge is 2.16. The maximum atomic E-state index is 12.4. The lowest BCUT2D eigenvalue weighted by Gasteiger charge is -2.18. The van der Waals surface area contributed by atoms with Crippen LogP contribution < -0.4 is 10.2 Å². The van der Waals surface area contributed by atoms with E-state index in [1.807, 2.05) is 48.3 Å². The molecule has 2 heterocycles. The number of rotatable bonds is 7. The second-order valence-corrected chi connectivity index (χ2v) is 8.10. The fraction of sp³-hybridized carbons (Fsp3) is 0.136. The highest BCUT2D eigenvalue weighted by molar-refractivity contribution is 7.21. The van der Waals surface area contributed by atoms with Crippen LogP contribution in [0.4, 0.5) is 17.2 Å². The average Bonchev–Trinajstić information content (AvgIpc) is 3.24. The molecule has 0 aliphatic rings. The van der Waals surface area contributed by atoms with E-state index < -0.39 is 4.92 Å². The summed E-state index contributed by atoms with van der Waals surface area (Å²) in [4.78, 5) is 35.3. The molecule has 2 aromatic carbocycles. The molecule has 0 saturated heterocycles. The van der Waals surface area contributed by atoms with Crippen molar-refractivity contribution in [2.45, 2.75) is 6.42 Å². The number of nitro benzene ring substituents is 1. The average molecular weight is 449 g/mol. The van der Waals surface area contributed by atoms with Gasteiger partial charge in [0.05, 0.1) is 16.0 Å². The van der Waals surface area contributed by atoms with E-state index in [0.29, 0.717) is 12.4 Å². The van der Waals surface area contributed by atoms with E-state index in [9.17, 15) is 20.0 Å². The Hall–Kier alpha value is -4.05. The first-order valence-electron chi connectivity index (χ1n) is 9.71. The van der Waals surface area contributed by atoms with Gasteiger partial charge in [-0.05, 0) is 17.7 Å². The van der Waals surface area contributed by atoms with Crippen molar-refractivity contribution in [3.05, 3.63) is 71.0 Å². The summed E-state index contributed by atoms with van der Waals surface area (Å²) >= 11 is 1.57. The molecule has 0 saturated carbocycles. The van der Waals surface area contributed by atoms with Gasteiger partial charge in [-0.1, -0.05) is 30.3 Å². The quantitative estimate of drug-likeness (QED) is 0.243. The number of anilines is 2. The number of aromatic hydroxyl groups is 1. The lowest BCUT2D eigenvalue weighted by atomic mass is 10.2. The zero-order valence-corrected chi connectivity index (χ0v) is 17.9. The SMILES string of the molecule is CN(CCC(=O)Nc1cc([N+](=O)[O-])ccc1O)c1ncnc2sc(-c3ccccc3)cc12. The third kappa shape index (κ3) is 4.49. The van der Waals surface area contributed by atoms with Gasteiger partial charge in [-0.25, -0.2) is 9.97 Å². The Morgan fingerprint density at radius 2 is 1.97 bits per heavy atom. The molecule has 0 radical (unpaired) electrons. The second-order valence-electron chi connectivity index (χ2n) is 7.07. The molecule has 2 aromatic heterocycles. The van der Waals surface area contributed by atoms with Crippen molar-refractivity contribution in [3.63, 3.8) is 0 Å². The van der Waals surface area contributed by atoms with Crippen molar-refractivity contribution in [1.29, 1.82) is 0 Å². The molecule has 1 amide bonds. The van der Waals surface area contributed by atoms with Crippen molar-refractivity contribution in [2.75, 3.05) is 23.8 Å². The van der Waals surface area contributed by atoms with Crippen molar-refractivity contribution in [2.24, 2.45) is 0 Å². The van der Waals surface area contributed by atoms with Crippen LogP contribution >= 0.6 is 11.3 Å². The highest BCUT2D eigenvalue weighted by atomic mass is 32.1. The molecule has 0 spiro atoms. The lowest BCUT2D eigenvalue weighted by molar-refractivity contribution is -0.384. The molecule has 4 rings (SSSR count). The molecule has 0 fully saturated rings. The van der Waals surface area contributed by atoms with Crippen LogP contribution in [0.5, 0.6) is 5.75 Å². The number of benzene rings is 2. The number of amides is 1. The summed E-state index contributed by atoms with van der Waals surface area (Å²) in [5.41, 5.74) is 0.882. The van der Waals surface area contributed by atoms with Crippen molar-refractivity contribution >= 4 is 44.7 Å². The topological polar surface area (TPSA) is 121 Å². The Labute approximate surface area is 187 Å². The van der Waals surface area contributed by atoms with Gasteiger partial charge in [-0.2, -0.15) is 0 Å². The number of aromatic nitrogens is 2. The molecule has 0 aliphatic carbocycles. The predicted molar refractivity (Wildman–Crippen MR) is 124 cm³/mol. The Morgan fingerprint density at radius 1 is 1.19 bits per heavy atom. The van der Waals surface area contributed by atoms with Crippen LogP contribution in [0.3, 0.4) is 0 Å². The Morgan fingerprint density at radius 3 is 2.72 bits per heavy atom. The number of phenolic OH excluding ortho intramolecular Hbond substituents is 1. The number of phenols is 1. The van der Waals surface area contributed by atoms with Gasteiger partial charge in [0.2, 0.25) is 5.91 Å². The first kappa shape index (κ1) is 21.2. The maximum absolute atomic E-state index is 12.4. The highest BCUT2D eigenvalue weighted by Crippen LogP contribution is 2.35. The molecule has 9 nitrogen and oxygen atoms in total. The van der Waals surface area contributed by atoms with Crippen molar-refractivity contribution in [3.8, 4) is 16.2 Å². The number of hydrogen-bond donors (Lipinski definition) is 2. The Balaban J connectivity index is 1.47. The largest absolute Gasteiger partial charge is 0.506 e. The van der Waals surface area contributed by atoms with Crippen molar-refractivity contribution < 1.29 is 14.8 Å². The van der Waals surface area contributed by atoms with Gasteiger partial charge in [0.1, 0.15) is 22.7 Å². The molecule has 0 bridgehead atoms. The summed E-state index contributed by atoms with van der Waals surface area (Å²) in [6.45, 7) is 0.351. The monoisotopic (exact) mass is 449 g/mol. The second kappa shape index (κ2) is 8.98. The molecular formula is C22H19N5O4S. The number of nitro groups is 1. The van der Waals surface area contributed by atoms with E-state index in [0.717, 1.165) is 26.7 Å². The van der Waals surface area contributed by atoms with Gasteiger partial charge in [0.15, 0.2) is 0 Å². The smallest absolute Gasteiger partial charge is 0.271 e. The van der Waals surface area contributed by atoms with Gasteiger partial charge >= 0.3 is 0 Å². The number of fused-ring (bicyclic) bond motifs is 1. The number of hydrogen-bond acceptors (Lipinski definition) is 8. The molecule has 162 valence electrons. The maximum Gasteiger partial charge on any atom is 0.271 e. The van der Waals surface area contributed by atoms with Crippen LogP contribution in [-0.4, -0.2) is 39.5 Å². The molecule has 32 heavy (non-hydrogen) atoms. The van der Waals surface area contributed by atoms with Crippen LogP contribution in [0.15, 0.2) is 60.9 Å². The zero-order valence-electron chi connectivity index (χ0n) is 17.1. The fourth-order valence-electron chi connectivity index (χ4n) is 3.22. The molecule has 0 atom stereocenters. The molecule has 0 unspecified atom stereocenters. The minimum absolute atomic E-state index is 0.00150. The lowest BCUT2D eigenvalue weighted by Crippen LogP contribution is -2.24. The normalized spacial score (nSPS) is 10.8. The van der Waals surface area contributed by atoms with Crippen LogP contribution in [0.25, 0.3) is 20.7 Å². The van der Waals surface area contributed by atoms with Crippen molar-refractivity contribution in [1.82, 2.24) is 9.97 Å². The summed E-state index contributed by atoms with van der Waals surface area (Å²) in [6, 6.07) is 15.5. The third-order valence-corrected chi connectivity index (χ3v) is 5.96. The summed E-state index contributed by atoms with van der Waals surface area (Å²) in [5.74, 6) is 0.0918. The van der Waals surface area contributed by atoms with E-state index in [-0.39, 0.29) is 29.5 Å². The molecule has 2 N–H and O–H groups in total. The van der Waals surface area contributed by atoms with Crippen LogP contribution in [0.1, 0.15) is 6.42 Å².